The first-order chi connectivity index (χ1) is 12.0. The molecule has 0 atom stereocenters. The van der Waals surface area contributed by atoms with Gasteiger partial charge >= 0.3 is 0 Å². The van der Waals surface area contributed by atoms with Crippen molar-refractivity contribution in [2.45, 2.75) is 6.92 Å². The highest BCUT2D eigenvalue weighted by Gasteiger charge is 2.13. The van der Waals surface area contributed by atoms with Gasteiger partial charge < -0.3 is 15.4 Å². The average molecular weight is 382 g/mol. The smallest absolute Gasteiger partial charge is 0.271 e. The second-order valence-corrected chi connectivity index (χ2v) is 5.78. The number of aromatic nitrogens is 1. The standard InChI is InChI=1S/C17H17Cl2N3O3/c1-2-25-14-8-7-13(19)15(22-14)17(24)21-10-9-20-16(23)11-3-5-12(18)6-4-11/h3-8H,2,9-10H2,1H3,(H,20,23)(H,21,24). The number of halogens is 2. The molecule has 0 bridgehead atoms. The molecule has 0 saturated carbocycles. The SMILES string of the molecule is CCOc1ccc(Cl)c(C(=O)NCCNC(=O)c2ccc(Cl)cc2)n1. The zero-order chi connectivity index (χ0) is 18.2. The maximum Gasteiger partial charge on any atom is 0.271 e. The molecule has 1 aromatic heterocycles. The van der Waals surface area contributed by atoms with Crippen LogP contribution in [0.5, 0.6) is 5.88 Å². The van der Waals surface area contributed by atoms with Crippen molar-refractivity contribution in [3.8, 4) is 5.88 Å². The van der Waals surface area contributed by atoms with Crippen molar-refractivity contribution in [1.82, 2.24) is 15.6 Å². The highest BCUT2D eigenvalue weighted by molar-refractivity contribution is 6.33. The average Bonchev–Trinajstić information content (AvgIpc) is 2.60. The Balaban J connectivity index is 1.83. The summed E-state index contributed by atoms with van der Waals surface area (Å²) in [6.07, 6.45) is 0. The molecule has 25 heavy (non-hydrogen) atoms. The molecule has 0 spiro atoms. The third-order valence-electron chi connectivity index (χ3n) is 3.13. The molecular weight excluding hydrogens is 365 g/mol. The van der Waals surface area contributed by atoms with E-state index >= 15 is 0 Å². The van der Waals surface area contributed by atoms with Crippen molar-refractivity contribution in [2.75, 3.05) is 19.7 Å². The van der Waals surface area contributed by atoms with Gasteiger partial charge in [0.25, 0.3) is 11.8 Å². The Morgan fingerprint density at radius 2 is 1.64 bits per heavy atom. The van der Waals surface area contributed by atoms with Crippen molar-refractivity contribution in [3.63, 3.8) is 0 Å². The van der Waals surface area contributed by atoms with Gasteiger partial charge in [0.2, 0.25) is 5.88 Å². The van der Waals surface area contributed by atoms with Crippen LogP contribution in [0.25, 0.3) is 0 Å². The van der Waals surface area contributed by atoms with Gasteiger partial charge in [-0.25, -0.2) is 4.98 Å². The fourth-order valence-electron chi connectivity index (χ4n) is 1.95. The molecule has 1 heterocycles. The highest BCUT2D eigenvalue weighted by Crippen LogP contribution is 2.18. The van der Waals surface area contributed by atoms with Crippen LogP contribution in [-0.4, -0.2) is 36.5 Å². The van der Waals surface area contributed by atoms with E-state index in [-0.39, 0.29) is 29.7 Å². The number of carbonyl (C=O) groups is 2. The summed E-state index contributed by atoms with van der Waals surface area (Å²) in [5, 5.41) is 6.13. The van der Waals surface area contributed by atoms with Gasteiger partial charge in [0.1, 0.15) is 0 Å². The van der Waals surface area contributed by atoms with Crippen molar-refractivity contribution < 1.29 is 14.3 Å². The van der Waals surface area contributed by atoms with Crippen molar-refractivity contribution in [2.24, 2.45) is 0 Å². The van der Waals surface area contributed by atoms with Gasteiger partial charge in [-0.15, -0.1) is 0 Å². The monoisotopic (exact) mass is 381 g/mol. The van der Waals surface area contributed by atoms with Gasteiger partial charge in [-0.3, -0.25) is 9.59 Å². The summed E-state index contributed by atoms with van der Waals surface area (Å²) in [6.45, 7) is 2.75. The van der Waals surface area contributed by atoms with Gasteiger partial charge in [-0.1, -0.05) is 23.2 Å². The van der Waals surface area contributed by atoms with Crippen molar-refractivity contribution in [3.05, 3.63) is 57.7 Å². The molecule has 0 unspecified atom stereocenters. The summed E-state index contributed by atoms with van der Waals surface area (Å²) in [5.74, 6) is -0.360. The topological polar surface area (TPSA) is 80.3 Å². The Hall–Kier alpha value is -2.31. The Bertz CT molecular complexity index is 751. The van der Waals surface area contributed by atoms with Crippen LogP contribution in [0.1, 0.15) is 27.8 Å². The number of benzene rings is 1. The van der Waals surface area contributed by atoms with Gasteiger partial charge in [0.15, 0.2) is 5.69 Å². The lowest BCUT2D eigenvalue weighted by Crippen LogP contribution is -2.35. The minimum atomic E-state index is -0.438. The number of hydrogen-bond acceptors (Lipinski definition) is 4. The predicted molar refractivity (Wildman–Crippen MR) is 96.5 cm³/mol. The van der Waals surface area contributed by atoms with Gasteiger partial charge in [0, 0.05) is 29.7 Å². The van der Waals surface area contributed by atoms with E-state index in [2.05, 4.69) is 15.6 Å². The molecule has 0 aliphatic heterocycles. The summed E-state index contributed by atoms with van der Waals surface area (Å²) in [6, 6.07) is 9.67. The first kappa shape index (κ1) is 19.0. The number of ether oxygens (including phenoxy) is 1. The Kier molecular flexibility index (Phi) is 7.03. The van der Waals surface area contributed by atoms with Gasteiger partial charge in [-0.2, -0.15) is 0 Å². The van der Waals surface area contributed by atoms with Crippen LogP contribution in [0.3, 0.4) is 0 Å². The summed E-state index contributed by atoms with van der Waals surface area (Å²) >= 11 is 11.8. The number of amides is 2. The predicted octanol–water partition coefficient (Wildman–Crippen LogP) is 2.95. The van der Waals surface area contributed by atoms with E-state index in [1.165, 1.54) is 0 Å². The van der Waals surface area contributed by atoms with E-state index in [0.29, 0.717) is 23.1 Å². The Labute approximate surface area is 155 Å². The Morgan fingerprint density at radius 3 is 2.28 bits per heavy atom. The number of pyridine rings is 1. The van der Waals surface area contributed by atoms with E-state index in [1.807, 2.05) is 6.92 Å². The quantitative estimate of drug-likeness (QED) is 0.722. The lowest BCUT2D eigenvalue weighted by Gasteiger charge is -2.09. The molecule has 2 amide bonds. The highest BCUT2D eigenvalue weighted by atomic mass is 35.5. The molecule has 0 aliphatic rings. The fraction of sp³-hybridized carbons (Fsp3) is 0.235. The lowest BCUT2D eigenvalue weighted by molar-refractivity contribution is 0.0924. The van der Waals surface area contributed by atoms with Gasteiger partial charge in [-0.05, 0) is 37.3 Å². The van der Waals surface area contributed by atoms with Crippen LogP contribution in [0.15, 0.2) is 36.4 Å². The largest absolute Gasteiger partial charge is 0.478 e. The van der Waals surface area contributed by atoms with Crippen LogP contribution in [0.4, 0.5) is 0 Å². The van der Waals surface area contributed by atoms with Crippen molar-refractivity contribution >= 4 is 35.0 Å². The summed E-state index contributed by atoms with van der Waals surface area (Å²) in [7, 11) is 0. The van der Waals surface area contributed by atoms with Crippen LogP contribution < -0.4 is 15.4 Å². The first-order valence-corrected chi connectivity index (χ1v) is 8.38. The van der Waals surface area contributed by atoms with E-state index in [9.17, 15) is 9.59 Å². The number of carbonyl (C=O) groups excluding carboxylic acids is 2. The number of nitrogens with one attached hydrogen (secondary N) is 2. The van der Waals surface area contributed by atoms with Crippen LogP contribution in [0.2, 0.25) is 10.0 Å². The molecule has 132 valence electrons. The molecule has 0 aliphatic carbocycles. The van der Waals surface area contributed by atoms with Crippen LogP contribution in [0, 0.1) is 0 Å². The molecule has 0 saturated heterocycles. The normalized spacial score (nSPS) is 10.2. The number of hydrogen-bond donors (Lipinski definition) is 2. The molecule has 2 N–H and O–H groups in total. The summed E-state index contributed by atoms with van der Waals surface area (Å²) in [5.41, 5.74) is 0.571. The lowest BCUT2D eigenvalue weighted by atomic mass is 10.2. The maximum atomic E-state index is 12.1. The maximum absolute atomic E-state index is 12.1. The van der Waals surface area contributed by atoms with Crippen molar-refractivity contribution in [1.29, 1.82) is 0 Å². The fourth-order valence-corrected chi connectivity index (χ4v) is 2.27. The zero-order valence-corrected chi connectivity index (χ0v) is 15.0. The van der Waals surface area contributed by atoms with E-state index in [4.69, 9.17) is 27.9 Å². The first-order valence-electron chi connectivity index (χ1n) is 7.62. The number of nitrogens with zero attached hydrogens (tertiary/aromatic N) is 1. The Morgan fingerprint density at radius 1 is 1.00 bits per heavy atom. The minimum absolute atomic E-state index is 0.0802. The third-order valence-corrected chi connectivity index (χ3v) is 3.69. The van der Waals surface area contributed by atoms with Crippen LogP contribution in [-0.2, 0) is 0 Å². The molecular formula is C17H17Cl2N3O3. The zero-order valence-electron chi connectivity index (χ0n) is 13.5. The summed E-state index contributed by atoms with van der Waals surface area (Å²) in [4.78, 5) is 28.1. The molecule has 6 nitrogen and oxygen atoms in total. The molecule has 2 aromatic rings. The minimum Gasteiger partial charge on any atom is -0.478 e. The third kappa shape index (κ3) is 5.62. The molecule has 0 fully saturated rings. The van der Waals surface area contributed by atoms with Crippen LogP contribution >= 0.6 is 23.2 Å². The van der Waals surface area contributed by atoms with Gasteiger partial charge in [0.05, 0.1) is 11.6 Å². The summed E-state index contributed by atoms with van der Waals surface area (Å²) < 4.78 is 5.25. The van der Waals surface area contributed by atoms with E-state index < -0.39 is 5.91 Å². The van der Waals surface area contributed by atoms with E-state index in [1.54, 1.807) is 36.4 Å². The molecule has 2 rings (SSSR count). The number of rotatable bonds is 7. The van der Waals surface area contributed by atoms with E-state index in [0.717, 1.165) is 0 Å². The molecule has 8 heteroatoms. The molecule has 1 aromatic carbocycles. The second kappa shape index (κ2) is 9.25. The second-order valence-electron chi connectivity index (χ2n) is 4.93. The molecule has 0 radical (unpaired) electrons.